The molecule has 0 saturated heterocycles. The average molecular weight is 361 g/mol. The van der Waals surface area contributed by atoms with Crippen molar-refractivity contribution in [2.75, 3.05) is 0 Å². The van der Waals surface area contributed by atoms with E-state index in [0.717, 1.165) is 11.1 Å². The van der Waals surface area contributed by atoms with Crippen LogP contribution < -0.4 is 4.73 Å². The summed E-state index contributed by atoms with van der Waals surface area (Å²) in [5, 5.41) is 11.2. The molecule has 0 aliphatic rings. The van der Waals surface area contributed by atoms with Crippen LogP contribution in [-0.4, -0.2) is 11.8 Å². The van der Waals surface area contributed by atoms with Gasteiger partial charge in [0.2, 0.25) is 5.78 Å². The Bertz CT molecular complexity index is 945. The van der Waals surface area contributed by atoms with Gasteiger partial charge < -0.3 is 9.94 Å². The van der Waals surface area contributed by atoms with Gasteiger partial charge in [-0.3, -0.25) is 4.79 Å². The first-order valence-corrected chi connectivity index (χ1v) is 8.51. The van der Waals surface area contributed by atoms with Gasteiger partial charge in [-0.2, -0.15) is 4.73 Å². The zero-order valence-corrected chi connectivity index (χ0v) is 15.1. The van der Waals surface area contributed by atoms with Crippen molar-refractivity contribution in [3.05, 3.63) is 106 Å². The number of carbonyl (C=O) groups excluding carboxylic acids is 2. The molecule has 0 aliphatic heterocycles. The van der Waals surface area contributed by atoms with Crippen molar-refractivity contribution in [3.8, 4) is 0 Å². The molecule has 0 amide bonds. The SMILES string of the molecule is Cc1ccc(C(=O)[C@H](OC(=O)c2cc[n+]([O-])cc2)c2ccc(C)cc2)cc1. The molecule has 5 heteroatoms. The number of Topliss-reactive ketones (excluding diaryl/α,β-unsaturated/α-hetero) is 1. The molecule has 3 rings (SSSR count). The van der Waals surface area contributed by atoms with Gasteiger partial charge in [-0.1, -0.05) is 59.7 Å². The Morgan fingerprint density at radius 2 is 1.33 bits per heavy atom. The second-order valence-corrected chi connectivity index (χ2v) is 6.37. The summed E-state index contributed by atoms with van der Waals surface area (Å²) in [5.41, 5.74) is 3.33. The molecular weight excluding hydrogens is 342 g/mol. The minimum absolute atomic E-state index is 0.205. The lowest BCUT2D eigenvalue weighted by molar-refractivity contribution is -0.605. The molecule has 0 aliphatic carbocycles. The highest BCUT2D eigenvalue weighted by Gasteiger charge is 2.27. The number of aromatic nitrogens is 1. The molecule has 1 atom stereocenters. The summed E-state index contributed by atoms with van der Waals surface area (Å²) in [4.78, 5) is 25.5. The van der Waals surface area contributed by atoms with Crippen LogP contribution in [0.3, 0.4) is 0 Å². The van der Waals surface area contributed by atoms with Crippen LogP contribution in [0.4, 0.5) is 0 Å². The van der Waals surface area contributed by atoms with Crippen molar-refractivity contribution >= 4 is 11.8 Å². The van der Waals surface area contributed by atoms with Crippen LogP contribution in [0.2, 0.25) is 0 Å². The maximum absolute atomic E-state index is 13.0. The predicted molar refractivity (Wildman–Crippen MR) is 100 cm³/mol. The van der Waals surface area contributed by atoms with E-state index in [1.807, 2.05) is 38.1 Å². The fourth-order valence-corrected chi connectivity index (χ4v) is 2.61. The number of nitrogens with zero attached hydrogens (tertiary/aromatic N) is 1. The number of hydrogen-bond acceptors (Lipinski definition) is 4. The van der Waals surface area contributed by atoms with Gasteiger partial charge in [-0.25, -0.2) is 4.79 Å². The Morgan fingerprint density at radius 1 is 0.815 bits per heavy atom. The Morgan fingerprint density at radius 3 is 1.89 bits per heavy atom. The van der Waals surface area contributed by atoms with Crippen molar-refractivity contribution in [3.63, 3.8) is 0 Å². The van der Waals surface area contributed by atoms with E-state index in [1.165, 1.54) is 24.5 Å². The van der Waals surface area contributed by atoms with Gasteiger partial charge >= 0.3 is 5.97 Å². The third-order valence-corrected chi connectivity index (χ3v) is 4.22. The molecule has 0 fully saturated rings. The molecule has 0 unspecified atom stereocenters. The van der Waals surface area contributed by atoms with Crippen LogP contribution in [0.1, 0.15) is 43.5 Å². The Hall–Kier alpha value is -3.47. The zero-order chi connectivity index (χ0) is 19.4. The first-order valence-electron chi connectivity index (χ1n) is 8.51. The summed E-state index contributed by atoms with van der Waals surface area (Å²) < 4.78 is 6.12. The van der Waals surface area contributed by atoms with Gasteiger partial charge in [0.05, 0.1) is 5.56 Å². The molecule has 1 aromatic heterocycles. The molecule has 27 heavy (non-hydrogen) atoms. The quantitative estimate of drug-likeness (QED) is 0.301. The molecule has 0 N–H and O–H groups in total. The topological polar surface area (TPSA) is 70.3 Å². The summed E-state index contributed by atoms with van der Waals surface area (Å²) in [7, 11) is 0. The van der Waals surface area contributed by atoms with Crippen LogP contribution in [-0.2, 0) is 4.74 Å². The lowest BCUT2D eigenvalue weighted by atomic mass is 9.98. The van der Waals surface area contributed by atoms with E-state index < -0.39 is 12.1 Å². The van der Waals surface area contributed by atoms with Gasteiger partial charge in [0.25, 0.3) is 0 Å². The normalized spacial score (nSPS) is 11.6. The molecule has 0 saturated carbocycles. The summed E-state index contributed by atoms with van der Waals surface area (Å²) >= 11 is 0. The lowest BCUT2D eigenvalue weighted by Crippen LogP contribution is -2.25. The fraction of sp³-hybridized carbons (Fsp3) is 0.136. The smallest absolute Gasteiger partial charge is 0.339 e. The second kappa shape index (κ2) is 7.83. The summed E-state index contributed by atoms with van der Waals surface area (Å²) in [6.07, 6.45) is 1.35. The van der Waals surface area contributed by atoms with Gasteiger partial charge in [0.15, 0.2) is 18.5 Å². The second-order valence-electron chi connectivity index (χ2n) is 6.37. The van der Waals surface area contributed by atoms with Gasteiger partial charge in [0.1, 0.15) is 0 Å². The minimum atomic E-state index is -1.07. The van der Waals surface area contributed by atoms with Gasteiger partial charge in [-0.15, -0.1) is 0 Å². The molecule has 0 bridgehead atoms. The van der Waals surface area contributed by atoms with Crippen LogP contribution in [0.25, 0.3) is 0 Å². The molecule has 136 valence electrons. The minimum Gasteiger partial charge on any atom is -0.619 e. The van der Waals surface area contributed by atoms with Gasteiger partial charge in [0, 0.05) is 23.3 Å². The Balaban J connectivity index is 1.93. The lowest BCUT2D eigenvalue weighted by Gasteiger charge is -2.18. The Labute approximate surface area is 157 Å². The van der Waals surface area contributed by atoms with Crippen molar-refractivity contribution in [2.24, 2.45) is 0 Å². The monoisotopic (exact) mass is 361 g/mol. The van der Waals surface area contributed by atoms with Crippen LogP contribution >= 0.6 is 0 Å². The predicted octanol–water partition coefficient (Wildman–Crippen LogP) is 3.72. The zero-order valence-electron chi connectivity index (χ0n) is 15.1. The third-order valence-electron chi connectivity index (χ3n) is 4.22. The number of hydrogen-bond donors (Lipinski definition) is 0. The first kappa shape index (κ1) is 18.3. The maximum atomic E-state index is 13.0. The first-order chi connectivity index (χ1) is 12.9. The number of rotatable bonds is 5. The van der Waals surface area contributed by atoms with Crippen molar-refractivity contribution in [1.82, 2.24) is 0 Å². The van der Waals surface area contributed by atoms with Crippen LogP contribution in [0.5, 0.6) is 0 Å². The third kappa shape index (κ3) is 4.39. The van der Waals surface area contributed by atoms with Crippen molar-refractivity contribution in [1.29, 1.82) is 0 Å². The number of carbonyl (C=O) groups is 2. The van der Waals surface area contributed by atoms with E-state index in [0.29, 0.717) is 15.9 Å². The highest BCUT2D eigenvalue weighted by Crippen LogP contribution is 2.24. The average Bonchev–Trinajstić information content (AvgIpc) is 2.67. The van der Waals surface area contributed by atoms with Crippen molar-refractivity contribution < 1.29 is 19.1 Å². The summed E-state index contributed by atoms with van der Waals surface area (Å²) in [6.45, 7) is 3.87. The number of benzene rings is 2. The largest absolute Gasteiger partial charge is 0.619 e. The van der Waals surface area contributed by atoms with Crippen LogP contribution in [0, 0.1) is 19.1 Å². The number of esters is 1. The number of pyridine rings is 1. The van der Waals surface area contributed by atoms with E-state index in [-0.39, 0.29) is 11.3 Å². The van der Waals surface area contributed by atoms with E-state index in [9.17, 15) is 14.8 Å². The highest BCUT2D eigenvalue weighted by molar-refractivity contribution is 6.02. The molecule has 3 aromatic rings. The maximum Gasteiger partial charge on any atom is 0.339 e. The number of ketones is 1. The van der Waals surface area contributed by atoms with Crippen LogP contribution in [0.15, 0.2) is 73.1 Å². The number of aryl methyl sites for hydroxylation is 2. The van der Waals surface area contributed by atoms with E-state index in [1.54, 1.807) is 24.3 Å². The van der Waals surface area contributed by atoms with Crippen molar-refractivity contribution in [2.45, 2.75) is 20.0 Å². The van der Waals surface area contributed by atoms with E-state index in [2.05, 4.69) is 0 Å². The molecule has 1 heterocycles. The highest BCUT2D eigenvalue weighted by atomic mass is 16.5. The molecule has 5 nitrogen and oxygen atoms in total. The summed E-state index contributed by atoms with van der Waals surface area (Å²) in [5.74, 6) is -0.969. The summed E-state index contributed by atoms with van der Waals surface area (Å²) in [6, 6.07) is 17.1. The molecule has 0 spiro atoms. The molecule has 0 radical (unpaired) electrons. The van der Waals surface area contributed by atoms with E-state index in [4.69, 9.17) is 4.74 Å². The molecular formula is C22H19NO4. The number of ether oxygens (including phenoxy) is 1. The molecule has 2 aromatic carbocycles. The Kier molecular flexibility index (Phi) is 5.31. The standard InChI is InChI=1S/C22H19NO4/c1-15-3-7-17(8-4-15)20(24)21(18-9-5-16(2)6-10-18)27-22(25)19-11-13-23(26)14-12-19/h3-14,21H,1-2H3/t21-/m1/s1. The van der Waals surface area contributed by atoms with E-state index >= 15 is 0 Å². The van der Waals surface area contributed by atoms with Gasteiger partial charge in [-0.05, 0) is 13.8 Å². The fourth-order valence-electron chi connectivity index (χ4n) is 2.61.